The number of amides is 1. The maximum Gasteiger partial charge on any atom is 0.355 e. The number of hydrogen-bond donors (Lipinski definition) is 1. The first-order chi connectivity index (χ1) is 6.83. The van der Waals surface area contributed by atoms with Gasteiger partial charge in [-0.3, -0.25) is 4.79 Å². The largest absolute Gasteiger partial charge is 0.481 e. The molecule has 0 saturated carbocycles. The first-order valence-corrected chi connectivity index (χ1v) is 4.44. The quantitative estimate of drug-likeness (QED) is 0.496. The molecule has 0 bridgehead atoms. The smallest absolute Gasteiger partial charge is 0.355 e. The zero-order valence-corrected chi connectivity index (χ0v) is 7.59. The van der Waals surface area contributed by atoms with Crippen molar-refractivity contribution in [3.05, 3.63) is 30.3 Å². The summed E-state index contributed by atoms with van der Waals surface area (Å²) >= 11 is 0. The number of ether oxygens (including phenoxy) is 1. The molecule has 1 atom stereocenters. The predicted octanol–water partition coefficient (Wildman–Crippen LogP) is -0.00701. The van der Waals surface area contributed by atoms with Crippen molar-refractivity contribution in [1.29, 1.82) is 0 Å². The van der Waals surface area contributed by atoms with Crippen molar-refractivity contribution in [2.75, 3.05) is 6.61 Å². The lowest BCUT2D eigenvalue weighted by Crippen LogP contribution is -2.30. The van der Waals surface area contributed by atoms with Crippen molar-refractivity contribution in [2.45, 2.75) is 12.5 Å². The molecule has 0 aromatic heterocycles. The van der Waals surface area contributed by atoms with Crippen LogP contribution >= 0.6 is 0 Å². The lowest BCUT2D eigenvalue weighted by Gasteiger charge is -2.13. The van der Waals surface area contributed by atoms with Crippen molar-refractivity contribution in [3.8, 4) is 0 Å². The number of aliphatic hydroxyl groups is 1. The molecule has 2 rings (SSSR count). The van der Waals surface area contributed by atoms with Crippen LogP contribution in [0.2, 0.25) is 0 Å². The van der Waals surface area contributed by atoms with E-state index in [1.54, 1.807) is 0 Å². The summed E-state index contributed by atoms with van der Waals surface area (Å²) in [6.07, 6.45) is 8.95. The summed E-state index contributed by atoms with van der Waals surface area (Å²) in [4.78, 5) is 11.6. The van der Waals surface area contributed by atoms with Crippen LogP contribution in [-0.4, -0.2) is 34.7 Å². The fourth-order valence-corrected chi connectivity index (χ4v) is 1.41. The highest BCUT2D eigenvalue weighted by atomic mass is 16.5. The summed E-state index contributed by atoms with van der Waals surface area (Å²) in [6.45, 7) is -0.279. The number of nitrogens with zero attached hydrogens (tertiary/aromatic N) is 1. The molecule has 0 spiro atoms. The summed E-state index contributed by atoms with van der Waals surface area (Å²) in [6, 6.07) is 0.869. The minimum absolute atomic E-state index is 0.206. The molecule has 1 heterocycles. The van der Waals surface area contributed by atoms with E-state index in [-0.39, 0.29) is 12.5 Å². The van der Waals surface area contributed by atoms with Gasteiger partial charge in [0.1, 0.15) is 6.04 Å². The van der Waals surface area contributed by atoms with Gasteiger partial charge in [-0.1, -0.05) is 12.2 Å². The maximum atomic E-state index is 11.6. The van der Waals surface area contributed by atoms with Crippen molar-refractivity contribution < 1.29 is 19.2 Å². The molecule has 0 radical (unpaired) electrons. The summed E-state index contributed by atoms with van der Waals surface area (Å²) < 4.78 is 6.45. The molecule has 74 valence electrons. The molecule has 4 nitrogen and oxygen atoms in total. The number of allylic oxidation sites excluding steroid dienone is 2. The van der Waals surface area contributed by atoms with Crippen molar-refractivity contribution in [2.24, 2.45) is 0 Å². The first-order valence-electron chi connectivity index (χ1n) is 4.44. The molecular weight excluding hydrogens is 182 g/mol. The van der Waals surface area contributed by atoms with Crippen LogP contribution in [0.1, 0.15) is 6.42 Å². The molecule has 1 unspecified atom stereocenters. The molecule has 1 aliphatic heterocycles. The second-order valence-corrected chi connectivity index (χ2v) is 3.10. The number of hydrogen-bond acceptors (Lipinski definition) is 3. The second-order valence-electron chi connectivity index (χ2n) is 3.10. The lowest BCUT2D eigenvalue weighted by atomic mass is 10.1. The van der Waals surface area contributed by atoms with Gasteiger partial charge < -0.3 is 9.84 Å². The SMILES string of the molecule is O=C1C(CO)OC=[N+]1[C-]1C=CC=CC1. The fraction of sp³-hybridized carbons (Fsp3) is 0.300. The van der Waals surface area contributed by atoms with Gasteiger partial charge in [-0.15, -0.1) is 12.2 Å². The Labute approximate surface area is 81.8 Å². The Hall–Kier alpha value is -1.55. The third kappa shape index (κ3) is 1.44. The molecule has 1 N–H and O–H groups in total. The molecule has 4 heteroatoms. The van der Waals surface area contributed by atoms with Crippen LogP contribution in [0.5, 0.6) is 0 Å². The van der Waals surface area contributed by atoms with Gasteiger partial charge in [-0.05, 0) is 0 Å². The van der Waals surface area contributed by atoms with Gasteiger partial charge in [0.05, 0.1) is 6.61 Å². The summed E-state index contributed by atoms with van der Waals surface area (Å²) in [5.74, 6) is -0.206. The van der Waals surface area contributed by atoms with Gasteiger partial charge in [0, 0.05) is 6.42 Å². The first kappa shape index (κ1) is 9.02. The zero-order chi connectivity index (χ0) is 9.97. The number of rotatable bonds is 2. The van der Waals surface area contributed by atoms with Gasteiger partial charge in [-0.2, -0.15) is 0 Å². The van der Waals surface area contributed by atoms with Crippen LogP contribution in [0, 0.1) is 6.04 Å². The van der Waals surface area contributed by atoms with Crippen LogP contribution in [-0.2, 0) is 9.53 Å². The molecule has 0 aromatic rings. The molecule has 2 aliphatic rings. The van der Waals surface area contributed by atoms with Crippen molar-refractivity contribution >= 4 is 12.3 Å². The fourth-order valence-electron chi connectivity index (χ4n) is 1.41. The highest BCUT2D eigenvalue weighted by molar-refractivity contribution is 5.81. The van der Waals surface area contributed by atoms with Crippen LogP contribution in [0.15, 0.2) is 24.3 Å². The van der Waals surface area contributed by atoms with E-state index in [1.165, 1.54) is 11.0 Å². The number of carbonyl (C=O) groups is 1. The predicted molar refractivity (Wildman–Crippen MR) is 49.4 cm³/mol. The third-order valence-electron chi connectivity index (χ3n) is 2.18. The van der Waals surface area contributed by atoms with Gasteiger partial charge in [-0.25, -0.2) is 4.58 Å². The minimum Gasteiger partial charge on any atom is -0.481 e. The van der Waals surface area contributed by atoms with Gasteiger partial charge >= 0.3 is 5.91 Å². The Morgan fingerprint density at radius 1 is 1.64 bits per heavy atom. The van der Waals surface area contributed by atoms with Crippen LogP contribution in [0.25, 0.3) is 0 Å². The van der Waals surface area contributed by atoms with Crippen LogP contribution < -0.4 is 0 Å². The minimum atomic E-state index is -0.734. The van der Waals surface area contributed by atoms with E-state index >= 15 is 0 Å². The molecule has 14 heavy (non-hydrogen) atoms. The van der Waals surface area contributed by atoms with Crippen LogP contribution in [0.4, 0.5) is 0 Å². The van der Waals surface area contributed by atoms with E-state index < -0.39 is 6.10 Å². The lowest BCUT2D eigenvalue weighted by molar-refractivity contribution is -0.421. The van der Waals surface area contributed by atoms with Crippen molar-refractivity contribution in [3.63, 3.8) is 0 Å². The van der Waals surface area contributed by atoms with Gasteiger partial charge in [0.25, 0.3) is 6.40 Å². The van der Waals surface area contributed by atoms with Gasteiger partial charge in [0.15, 0.2) is 0 Å². The van der Waals surface area contributed by atoms with E-state index in [0.717, 1.165) is 6.04 Å². The normalized spacial score (nSPS) is 25.2. The summed E-state index contributed by atoms with van der Waals surface area (Å²) in [7, 11) is 0. The zero-order valence-electron chi connectivity index (χ0n) is 7.59. The number of carbonyl (C=O) groups excluding carboxylic acids is 1. The van der Waals surface area contributed by atoms with Gasteiger partial charge in [0.2, 0.25) is 6.10 Å². The highest BCUT2D eigenvalue weighted by Gasteiger charge is 2.33. The Balaban J connectivity index is 2.09. The maximum absolute atomic E-state index is 11.6. The third-order valence-corrected chi connectivity index (χ3v) is 2.18. The molecular formula is C10H11NO3. The van der Waals surface area contributed by atoms with Crippen LogP contribution in [0.3, 0.4) is 0 Å². The molecule has 0 aromatic carbocycles. The second kappa shape index (κ2) is 3.67. The van der Waals surface area contributed by atoms with Crippen molar-refractivity contribution in [1.82, 2.24) is 0 Å². The molecule has 1 amide bonds. The molecule has 0 saturated heterocycles. The Kier molecular flexibility index (Phi) is 2.37. The monoisotopic (exact) mass is 193 g/mol. The molecule has 1 aliphatic carbocycles. The average Bonchev–Trinajstić information content (AvgIpc) is 2.61. The topological polar surface area (TPSA) is 49.5 Å². The highest BCUT2D eigenvalue weighted by Crippen LogP contribution is 2.18. The standard InChI is InChI=1S/C10H11NO3/c12-6-9-10(13)11(7-14-9)8-4-2-1-3-5-8/h1-4,7,9,12H,5-6H2. The number of aliphatic hydroxyl groups excluding tert-OH is 1. The average molecular weight is 193 g/mol. The summed E-state index contributed by atoms with van der Waals surface area (Å²) in [5, 5.41) is 8.82. The molecule has 0 fully saturated rings. The summed E-state index contributed by atoms with van der Waals surface area (Å²) in [5.41, 5.74) is 0. The van der Waals surface area contributed by atoms with E-state index in [2.05, 4.69) is 0 Å². The Morgan fingerprint density at radius 3 is 3.07 bits per heavy atom. The van der Waals surface area contributed by atoms with E-state index in [4.69, 9.17) is 9.84 Å². The van der Waals surface area contributed by atoms with E-state index in [1.807, 2.05) is 24.3 Å². The Bertz CT molecular complexity index is 330. The van der Waals surface area contributed by atoms with E-state index in [0.29, 0.717) is 6.42 Å². The Morgan fingerprint density at radius 2 is 2.50 bits per heavy atom. The van der Waals surface area contributed by atoms with E-state index in [9.17, 15) is 4.79 Å².